The molecule has 0 radical (unpaired) electrons. The summed E-state index contributed by atoms with van der Waals surface area (Å²) < 4.78 is 1.60. The maximum atomic E-state index is 11.8. The van der Waals surface area contributed by atoms with Gasteiger partial charge in [0, 0.05) is 25.6 Å². The molecule has 0 bridgehead atoms. The van der Waals surface area contributed by atoms with Crippen molar-refractivity contribution in [1.82, 2.24) is 9.55 Å². The average molecular weight is 274 g/mol. The van der Waals surface area contributed by atoms with Crippen LogP contribution < -0.4 is 5.32 Å². The molecule has 0 unspecified atom stereocenters. The number of nitrogens with zero attached hydrogens (tertiary/aromatic N) is 3. The quantitative estimate of drug-likeness (QED) is 0.668. The Hall–Kier alpha value is -2.70. The minimum absolute atomic E-state index is 0.146. The molecule has 0 fully saturated rings. The average Bonchev–Trinajstić information content (AvgIpc) is 2.79. The molecule has 20 heavy (non-hydrogen) atoms. The van der Waals surface area contributed by atoms with E-state index in [0.717, 1.165) is 5.69 Å². The van der Waals surface area contributed by atoms with Crippen molar-refractivity contribution in [2.75, 3.05) is 5.32 Å². The Bertz CT molecular complexity index is 622. The van der Waals surface area contributed by atoms with E-state index in [2.05, 4.69) is 10.3 Å². The number of carbonyl (C=O) groups is 1. The lowest BCUT2D eigenvalue weighted by molar-refractivity contribution is -0.389. The third-order valence-electron chi connectivity index (χ3n) is 2.79. The highest BCUT2D eigenvalue weighted by atomic mass is 16.6. The minimum Gasteiger partial charge on any atom is -0.358 e. The number of anilines is 1. The molecule has 2 rings (SSSR count). The van der Waals surface area contributed by atoms with Gasteiger partial charge in [0.05, 0.1) is 0 Å². The lowest BCUT2D eigenvalue weighted by Crippen LogP contribution is -2.14. The molecule has 0 aliphatic rings. The van der Waals surface area contributed by atoms with Gasteiger partial charge < -0.3 is 20.0 Å². The fraction of sp³-hybridized carbons (Fsp3) is 0.231. The largest absolute Gasteiger partial charge is 0.381 e. The van der Waals surface area contributed by atoms with Crippen molar-refractivity contribution >= 4 is 17.4 Å². The first-order valence-electron chi connectivity index (χ1n) is 6.09. The topological polar surface area (TPSA) is 90.1 Å². The summed E-state index contributed by atoms with van der Waals surface area (Å²) in [6.07, 6.45) is 1.56. The van der Waals surface area contributed by atoms with E-state index in [4.69, 9.17) is 0 Å². The Kier molecular flexibility index (Phi) is 4.09. The second-order valence-corrected chi connectivity index (χ2v) is 4.26. The molecule has 1 aromatic carbocycles. The summed E-state index contributed by atoms with van der Waals surface area (Å²) in [5, 5.41) is 13.4. The van der Waals surface area contributed by atoms with Gasteiger partial charge in [0.25, 0.3) is 0 Å². The van der Waals surface area contributed by atoms with Crippen LogP contribution in [0.25, 0.3) is 0 Å². The van der Waals surface area contributed by atoms with E-state index in [1.165, 1.54) is 6.20 Å². The number of benzene rings is 1. The number of imidazole rings is 1. The van der Waals surface area contributed by atoms with Crippen LogP contribution in [-0.4, -0.2) is 20.4 Å². The summed E-state index contributed by atoms with van der Waals surface area (Å²) in [7, 11) is 0. The first kappa shape index (κ1) is 13.7. The molecular weight excluding hydrogens is 260 g/mol. The van der Waals surface area contributed by atoms with Gasteiger partial charge in [-0.3, -0.25) is 4.79 Å². The van der Waals surface area contributed by atoms with Crippen LogP contribution in [0.15, 0.2) is 36.5 Å². The van der Waals surface area contributed by atoms with E-state index >= 15 is 0 Å². The number of para-hydroxylation sites is 1. The number of amides is 1. The predicted molar refractivity (Wildman–Crippen MR) is 73.3 cm³/mol. The summed E-state index contributed by atoms with van der Waals surface area (Å²) in [5.74, 6) is 0.169. The van der Waals surface area contributed by atoms with Gasteiger partial charge in [-0.2, -0.15) is 0 Å². The van der Waals surface area contributed by atoms with Gasteiger partial charge in [-0.15, -0.1) is 0 Å². The predicted octanol–water partition coefficient (Wildman–Crippen LogP) is 2.13. The molecule has 0 saturated heterocycles. The number of nitrogens with one attached hydrogen (secondary N) is 1. The Morgan fingerprint density at radius 3 is 2.70 bits per heavy atom. The van der Waals surface area contributed by atoms with Gasteiger partial charge >= 0.3 is 5.82 Å². The number of carbonyl (C=O) groups excluding carboxylic acids is 1. The summed E-state index contributed by atoms with van der Waals surface area (Å²) in [4.78, 5) is 25.6. The normalized spacial score (nSPS) is 10.2. The third-order valence-corrected chi connectivity index (χ3v) is 2.79. The van der Waals surface area contributed by atoms with Crippen LogP contribution in [0.3, 0.4) is 0 Å². The van der Waals surface area contributed by atoms with Gasteiger partial charge in [0.15, 0.2) is 0 Å². The van der Waals surface area contributed by atoms with Crippen LogP contribution in [0, 0.1) is 17.0 Å². The molecule has 0 aliphatic heterocycles. The first-order valence-corrected chi connectivity index (χ1v) is 6.09. The van der Waals surface area contributed by atoms with Crippen molar-refractivity contribution in [2.45, 2.75) is 19.9 Å². The number of hydrogen-bond donors (Lipinski definition) is 1. The molecule has 1 amide bonds. The van der Waals surface area contributed by atoms with Crippen molar-refractivity contribution < 1.29 is 9.72 Å². The first-order chi connectivity index (χ1) is 9.56. The highest BCUT2D eigenvalue weighted by Gasteiger charge is 2.15. The Morgan fingerprint density at radius 1 is 1.40 bits per heavy atom. The number of rotatable bonds is 5. The van der Waals surface area contributed by atoms with E-state index in [1.807, 2.05) is 18.2 Å². The van der Waals surface area contributed by atoms with Crippen LogP contribution in [0.4, 0.5) is 11.5 Å². The molecule has 7 heteroatoms. The number of aryl methyl sites for hydroxylation is 2. The molecule has 0 aliphatic carbocycles. The smallest absolute Gasteiger partial charge is 0.358 e. The van der Waals surface area contributed by atoms with Crippen LogP contribution in [0.5, 0.6) is 0 Å². The van der Waals surface area contributed by atoms with Crippen molar-refractivity contribution in [3.05, 3.63) is 52.5 Å². The van der Waals surface area contributed by atoms with E-state index in [9.17, 15) is 14.9 Å². The summed E-state index contributed by atoms with van der Waals surface area (Å²) in [5.41, 5.74) is 0.728. The maximum Gasteiger partial charge on any atom is 0.381 e. The van der Waals surface area contributed by atoms with E-state index in [0.29, 0.717) is 12.4 Å². The molecule has 0 atom stereocenters. The molecule has 1 N–H and O–H groups in total. The molecule has 1 aromatic heterocycles. The van der Waals surface area contributed by atoms with Gasteiger partial charge in [0.2, 0.25) is 11.7 Å². The van der Waals surface area contributed by atoms with Crippen molar-refractivity contribution in [1.29, 1.82) is 0 Å². The van der Waals surface area contributed by atoms with E-state index in [-0.39, 0.29) is 18.1 Å². The Morgan fingerprint density at radius 2 is 2.10 bits per heavy atom. The standard InChI is InChI=1S/C13H14N4O3/c1-10-14-12(17(19)20)9-16(10)8-7-13(18)15-11-5-3-2-4-6-11/h2-6,9H,7-8H2,1H3,(H,15,18). The van der Waals surface area contributed by atoms with E-state index in [1.54, 1.807) is 23.6 Å². The highest BCUT2D eigenvalue weighted by Crippen LogP contribution is 2.11. The molecule has 1 heterocycles. The van der Waals surface area contributed by atoms with E-state index < -0.39 is 4.92 Å². The number of aromatic nitrogens is 2. The Balaban J connectivity index is 1.92. The molecule has 7 nitrogen and oxygen atoms in total. The lowest BCUT2D eigenvalue weighted by Gasteiger charge is -2.05. The van der Waals surface area contributed by atoms with Crippen molar-refractivity contribution in [2.24, 2.45) is 0 Å². The van der Waals surface area contributed by atoms with Gasteiger partial charge in [0.1, 0.15) is 6.20 Å². The zero-order valence-electron chi connectivity index (χ0n) is 10.9. The highest BCUT2D eigenvalue weighted by molar-refractivity contribution is 5.90. The van der Waals surface area contributed by atoms with Crippen LogP contribution in [0.2, 0.25) is 0 Å². The summed E-state index contributed by atoms with van der Waals surface area (Å²) in [6, 6.07) is 9.12. The third kappa shape index (κ3) is 3.41. The van der Waals surface area contributed by atoms with Crippen molar-refractivity contribution in [3.8, 4) is 0 Å². The van der Waals surface area contributed by atoms with Crippen LogP contribution in [-0.2, 0) is 11.3 Å². The summed E-state index contributed by atoms with van der Waals surface area (Å²) >= 11 is 0. The second kappa shape index (κ2) is 5.96. The summed E-state index contributed by atoms with van der Waals surface area (Å²) in [6.45, 7) is 2.02. The fourth-order valence-corrected chi connectivity index (χ4v) is 1.77. The number of nitro groups is 1. The maximum absolute atomic E-state index is 11.8. The molecular formula is C13H14N4O3. The van der Waals surface area contributed by atoms with Gasteiger partial charge in [-0.25, -0.2) is 0 Å². The minimum atomic E-state index is -0.548. The molecule has 0 spiro atoms. The zero-order chi connectivity index (χ0) is 14.5. The SMILES string of the molecule is Cc1nc([N+](=O)[O-])cn1CCC(=O)Nc1ccccc1. The second-order valence-electron chi connectivity index (χ2n) is 4.26. The lowest BCUT2D eigenvalue weighted by atomic mass is 10.3. The van der Waals surface area contributed by atoms with Crippen LogP contribution in [0.1, 0.15) is 12.2 Å². The molecule has 2 aromatic rings. The molecule has 104 valence electrons. The zero-order valence-corrected chi connectivity index (χ0v) is 10.9. The van der Waals surface area contributed by atoms with Gasteiger partial charge in [-0.05, 0) is 22.0 Å². The fourth-order valence-electron chi connectivity index (χ4n) is 1.77. The molecule has 0 saturated carbocycles. The monoisotopic (exact) mass is 274 g/mol. The van der Waals surface area contributed by atoms with Gasteiger partial charge in [-0.1, -0.05) is 18.2 Å². The van der Waals surface area contributed by atoms with Crippen LogP contribution >= 0.6 is 0 Å². The van der Waals surface area contributed by atoms with Crippen molar-refractivity contribution in [3.63, 3.8) is 0 Å². The number of hydrogen-bond acceptors (Lipinski definition) is 4. The Labute approximate surface area is 115 Å².